The van der Waals surface area contributed by atoms with E-state index in [1.54, 1.807) is 6.07 Å². The molecule has 0 fully saturated rings. The van der Waals surface area contributed by atoms with Gasteiger partial charge in [0.05, 0.1) is 0 Å². The maximum Gasteiger partial charge on any atom is 0.150 e. The minimum absolute atomic E-state index is 0.587. The molecule has 0 heterocycles. The van der Waals surface area contributed by atoms with Gasteiger partial charge in [0.2, 0.25) is 0 Å². The summed E-state index contributed by atoms with van der Waals surface area (Å²) in [6.45, 7) is 4.72. The van der Waals surface area contributed by atoms with Gasteiger partial charge >= 0.3 is 0 Å². The summed E-state index contributed by atoms with van der Waals surface area (Å²) in [6.07, 6.45) is 0.821. The summed E-state index contributed by atoms with van der Waals surface area (Å²) < 4.78 is 0. The van der Waals surface area contributed by atoms with Crippen LogP contribution in [0.5, 0.6) is 0 Å². The van der Waals surface area contributed by atoms with E-state index in [1.807, 2.05) is 19.9 Å². The molecular formula is C10H12ClNO. The lowest BCUT2D eigenvalue weighted by atomic mass is 10.1. The molecular weight excluding hydrogens is 186 g/mol. The second-order valence-corrected chi connectivity index (χ2v) is 3.25. The van der Waals surface area contributed by atoms with Crippen LogP contribution in [0.25, 0.3) is 0 Å². The molecule has 0 amide bonds. The monoisotopic (exact) mass is 197 g/mol. The number of carbonyl (C=O) groups excluding carboxylic acids is 1. The predicted molar refractivity (Wildman–Crippen MR) is 55.7 cm³/mol. The Kier molecular flexibility index (Phi) is 3.32. The van der Waals surface area contributed by atoms with E-state index in [2.05, 4.69) is 5.32 Å². The van der Waals surface area contributed by atoms with E-state index in [1.165, 1.54) is 0 Å². The van der Waals surface area contributed by atoms with Crippen LogP contribution in [-0.2, 0) is 0 Å². The number of hydrogen-bond acceptors (Lipinski definition) is 2. The van der Waals surface area contributed by atoms with E-state index in [4.69, 9.17) is 11.6 Å². The summed E-state index contributed by atoms with van der Waals surface area (Å²) in [4.78, 5) is 10.6. The molecule has 70 valence electrons. The average Bonchev–Trinajstić information content (AvgIpc) is 2.11. The SMILES string of the molecule is CCNc1cc(Cl)cc(C=O)c1C. The van der Waals surface area contributed by atoms with E-state index >= 15 is 0 Å². The first kappa shape index (κ1) is 10.1. The maximum atomic E-state index is 10.6. The molecule has 0 aliphatic rings. The molecule has 0 saturated carbocycles. The zero-order valence-electron chi connectivity index (χ0n) is 7.73. The van der Waals surface area contributed by atoms with Crippen molar-refractivity contribution in [3.05, 3.63) is 28.3 Å². The van der Waals surface area contributed by atoms with E-state index in [9.17, 15) is 4.79 Å². The molecule has 0 bridgehead atoms. The zero-order chi connectivity index (χ0) is 9.84. The largest absolute Gasteiger partial charge is 0.385 e. The highest BCUT2D eigenvalue weighted by Crippen LogP contribution is 2.23. The topological polar surface area (TPSA) is 29.1 Å². The third kappa shape index (κ3) is 2.22. The number of halogens is 1. The molecule has 0 aromatic heterocycles. The molecule has 13 heavy (non-hydrogen) atoms. The third-order valence-electron chi connectivity index (χ3n) is 1.91. The van der Waals surface area contributed by atoms with Gasteiger partial charge in [0.25, 0.3) is 0 Å². The first-order valence-electron chi connectivity index (χ1n) is 4.18. The van der Waals surface area contributed by atoms with E-state index in [0.717, 1.165) is 24.1 Å². The van der Waals surface area contributed by atoms with Gasteiger partial charge in [0, 0.05) is 22.8 Å². The number of nitrogens with one attached hydrogen (secondary N) is 1. The fraction of sp³-hybridized carbons (Fsp3) is 0.300. The van der Waals surface area contributed by atoms with Crippen LogP contribution < -0.4 is 5.32 Å². The second kappa shape index (κ2) is 4.28. The Balaban J connectivity index is 3.18. The summed E-state index contributed by atoms with van der Waals surface area (Å²) in [5, 5.41) is 3.73. The van der Waals surface area contributed by atoms with Crippen LogP contribution in [0.1, 0.15) is 22.8 Å². The maximum absolute atomic E-state index is 10.6. The zero-order valence-corrected chi connectivity index (χ0v) is 8.48. The number of hydrogen-bond donors (Lipinski definition) is 1. The van der Waals surface area contributed by atoms with Crippen LogP contribution in [0, 0.1) is 6.92 Å². The van der Waals surface area contributed by atoms with Crippen LogP contribution in [-0.4, -0.2) is 12.8 Å². The molecule has 0 unspecified atom stereocenters. The van der Waals surface area contributed by atoms with Gasteiger partial charge in [-0.05, 0) is 31.5 Å². The smallest absolute Gasteiger partial charge is 0.150 e. The molecule has 1 rings (SSSR count). The van der Waals surface area contributed by atoms with E-state index in [0.29, 0.717) is 10.6 Å². The first-order valence-corrected chi connectivity index (χ1v) is 4.56. The van der Waals surface area contributed by atoms with Gasteiger partial charge in [-0.1, -0.05) is 11.6 Å². The number of benzene rings is 1. The lowest BCUT2D eigenvalue weighted by Crippen LogP contribution is -2.00. The van der Waals surface area contributed by atoms with Gasteiger partial charge in [-0.15, -0.1) is 0 Å². The highest BCUT2D eigenvalue weighted by atomic mass is 35.5. The molecule has 1 N–H and O–H groups in total. The highest BCUT2D eigenvalue weighted by molar-refractivity contribution is 6.31. The average molecular weight is 198 g/mol. The van der Waals surface area contributed by atoms with Gasteiger partial charge in [0.15, 0.2) is 0 Å². The van der Waals surface area contributed by atoms with Crippen molar-refractivity contribution >= 4 is 23.6 Å². The summed E-state index contributed by atoms with van der Waals surface area (Å²) in [6, 6.07) is 3.50. The Bertz CT molecular complexity index is 323. The standard InChI is InChI=1S/C10H12ClNO/c1-3-12-10-5-9(11)4-8(6-13)7(10)2/h4-6,12H,3H2,1-2H3. The minimum atomic E-state index is 0.587. The molecule has 0 atom stereocenters. The lowest BCUT2D eigenvalue weighted by Gasteiger charge is -2.09. The third-order valence-corrected chi connectivity index (χ3v) is 2.13. The fourth-order valence-electron chi connectivity index (χ4n) is 1.20. The van der Waals surface area contributed by atoms with Crippen molar-refractivity contribution in [2.75, 3.05) is 11.9 Å². The quantitative estimate of drug-likeness (QED) is 0.755. The highest BCUT2D eigenvalue weighted by Gasteiger charge is 2.04. The van der Waals surface area contributed by atoms with Crippen LogP contribution in [0.3, 0.4) is 0 Å². The van der Waals surface area contributed by atoms with Crippen molar-refractivity contribution in [1.82, 2.24) is 0 Å². The van der Waals surface area contributed by atoms with Crippen molar-refractivity contribution in [2.24, 2.45) is 0 Å². The minimum Gasteiger partial charge on any atom is -0.385 e. The second-order valence-electron chi connectivity index (χ2n) is 2.82. The van der Waals surface area contributed by atoms with Crippen molar-refractivity contribution < 1.29 is 4.79 Å². The predicted octanol–water partition coefficient (Wildman–Crippen LogP) is 2.89. The van der Waals surface area contributed by atoms with Gasteiger partial charge < -0.3 is 5.32 Å². The van der Waals surface area contributed by atoms with Gasteiger partial charge in [-0.25, -0.2) is 0 Å². The summed E-state index contributed by atoms with van der Waals surface area (Å²) in [5.41, 5.74) is 2.52. The van der Waals surface area contributed by atoms with Crippen molar-refractivity contribution in [3.8, 4) is 0 Å². The van der Waals surface area contributed by atoms with Crippen LogP contribution in [0.15, 0.2) is 12.1 Å². The normalized spacial score (nSPS) is 9.77. The molecule has 0 radical (unpaired) electrons. The molecule has 0 aliphatic heterocycles. The van der Waals surface area contributed by atoms with Crippen molar-refractivity contribution in [2.45, 2.75) is 13.8 Å². The van der Waals surface area contributed by atoms with Crippen LogP contribution in [0.2, 0.25) is 5.02 Å². The molecule has 0 saturated heterocycles. The Hall–Kier alpha value is -1.02. The van der Waals surface area contributed by atoms with E-state index < -0.39 is 0 Å². The summed E-state index contributed by atoms with van der Waals surface area (Å²) in [5.74, 6) is 0. The number of aldehydes is 1. The Labute approximate surface area is 82.9 Å². The van der Waals surface area contributed by atoms with E-state index in [-0.39, 0.29) is 0 Å². The Morgan fingerprint density at radius 3 is 2.77 bits per heavy atom. The number of carbonyl (C=O) groups is 1. The Morgan fingerprint density at radius 2 is 2.23 bits per heavy atom. The van der Waals surface area contributed by atoms with Crippen molar-refractivity contribution in [1.29, 1.82) is 0 Å². The number of anilines is 1. The first-order chi connectivity index (χ1) is 6.19. The lowest BCUT2D eigenvalue weighted by molar-refractivity contribution is 0.112. The summed E-state index contributed by atoms with van der Waals surface area (Å²) in [7, 11) is 0. The molecule has 0 aliphatic carbocycles. The van der Waals surface area contributed by atoms with Crippen LogP contribution in [0.4, 0.5) is 5.69 Å². The summed E-state index contributed by atoms with van der Waals surface area (Å²) >= 11 is 5.84. The molecule has 0 spiro atoms. The van der Waals surface area contributed by atoms with Gasteiger partial charge in [0.1, 0.15) is 6.29 Å². The molecule has 1 aromatic carbocycles. The van der Waals surface area contributed by atoms with Gasteiger partial charge in [-0.3, -0.25) is 4.79 Å². The van der Waals surface area contributed by atoms with Crippen LogP contribution >= 0.6 is 11.6 Å². The molecule has 2 nitrogen and oxygen atoms in total. The molecule has 3 heteroatoms. The fourth-order valence-corrected chi connectivity index (χ4v) is 1.42. The Morgan fingerprint density at radius 1 is 1.54 bits per heavy atom. The van der Waals surface area contributed by atoms with Crippen molar-refractivity contribution in [3.63, 3.8) is 0 Å². The number of rotatable bonds is 3. The molecule has 1 aromatic rings. The van der Waals surface area contributed by atoms with Gasteiger partial charge in [-0.2, -0.15) is 0 Å².